The molecular weight excluding hydrogens is 420 g/mol. The second kappa shape index (κ2) is 8.74. The number of aliphatic hydroxyl groups excluding tert-OH is 1. The predicted molar refractivity (Wildman–Crippen MR) is 91.1 cm³/mol. The Morgan fingerprint density at radius 2 is 1.27 bits per heavy atom. The fourth-order valence-electron chi connectivity index (χ4n) is 2.52. The van der Waals surface area contributed by atoms with Crippen LogP contribution in [0.4, 0.5) is 26.3 Å². The van der Waals surface area contributed by atoms with E-state index in [0.29, 0.717) is 12.1 Å². The number of amides is 1. The summed E-state index contributed by atoms with van der Waals surface area (Å²) in [5, 5.41) is 21.3. The lowest BCUT2D eigenvalue weighted by atomic mass is 10.0. The minimum atomic E-state index is -4.61. The van der Waals surface area contributed by atoms with Crippen LogP contribution < -0.4 is 5.32 Å². The highest BCUT2D eigenvalue weighted by Gasteiger charge is 2.32. The number of hydrogen-bond acceptors (Lipinski definition) is 3. The van der Waals surface area contributed by atoms with Gasteiger partial charge in [-0.05, 0) is 35.4 Å². The van der Waals surface area contributed by atoms with Crippen LogP contribution in [0.2, 0.25) is 0 Å². The molecule has 11 heteroatoms. The molecule has 0 fully saturated rings. The molecule has 30 heavy (non-hydrogen) atoms. The highest BCUT2D eigenvalue weighted by atomic mass is 19.4. The van der Waals surface area contributed by atoms with Crippen LogP contribution in [-0.4, -0.2) is 28.1 Å². The molecule has 0 saturated heterocycles. The van der Waals surface area contributed by atoms with E-state index in [1.165, 1.54) is 0 Å². The van der Waals surface area contributed by atoms with Crippen molar-refractivity contribution in [1.29, 1.82) is 0 Å². The molecule has 3 N–H and O–H groups in total. The third-order valence-electron chi connectivity index (χ3n) is 4.14. The molecule has 0 bridgehead atoms. The number of halogens is 6. The topological polar surface area (TPSA) is 86.6 Å². The van der Waals surface area contributed by atoms with Crippen LogP contribution >= 0.6 is 0 Å². The zero-order valence-electron chi connectivity index (χ0n) is 15.0. The highest BCUT2D eigenvalue weighted by molar-refractivity contribution is 5.87. The van der Waals surface area contributed by atoms with E-state index >= 15 is 0 Å². The summed E-state index contributed by atoms with van der Waals surface area (Å²) < 4.78 is 75.4. The van der Waals surface area contributed by atoms with Gasteiger partial charge in [-0.2, -0.15) is 26.3 Å². The normalized spacial score (nSPS) is 14.1. The Labute approximate surface area is 165 Å². The average Bonchev–Trinajstić information content (AvgIpc) is 2.65. The molecule has 0 aliphatic rings. The molecule has 0 saturated carbocycles. The van der Waals surface area contributed by atoms with Crippen LogP contribution in [0.3, 0.4) is 0 Å². The van der Waals surface area contributed by atoms with Crippen molar-refractivity contribution in [2.24, 2.45) is 0 Å². The molecule has 0 radical (unpaired) electrons. The van der Waals surface area contributed by atoms with E-state index in [2.05, 4.69) is 0 Å². The van der Waals surface area contributed by atoms with Crippen molar-refractivity contribution in [3.63, 3.8) is 0 Å². The zero-order chi connectivity index (χ0) is 22.7. The fourth-order valence-corrected chi connectivity index (χ4v) is 2.52. The first kappa shape index (κ1) is 23.2. The predicted octanol–water partition coefficient (Wildman–Crippen LogP) is 3.57. The van der Waals surface area contributed by atoms with Crippen molar-refractivity contribution in [2.45, 2.75) is 30.9 Å². The van der Waals surface area contributed by atoms with Gasteiger partial charge in [-0.1, -0.05) is 24.3 Å². The smallest absolute Gasteiger partial charge is 0.416 e. The number of hydrogen-bond donors (Lipinski definition) is 3. The summed E-state index contributed by atoms with van der Waals surface area (Å²) in [4.78, 5) is 23.5. The Morgan fingerprint density at radius 3 is 1.67 bits per heavy atom. The summed E-state index contributed by atoms with van der Waals surface area (Å²) in [6, 6.07) is 5.09. The van der Waals surface area contributed by atoms with Crippen molar-refractivity contribution in [1.82, 2.24) is 5.32 Å². The quantitative estimate of drug-likeness (QED) is 0.606. The molecule has 0 unspecified atom stereocenters. The maximum atomic E-state index is 12.6. The number of carboxylic acid groups (broad SMARTS) is 1. The largest absolute Gasteiger partial charge is 0.480 e. The van der Waals surface area contributed by atoms with Gasteiger partial charge in [0.1, 0.15) is 6.04 Å². The summed E-state index contributed by atoms with van der Waals surface area (Å²) in [7, 11) is 0. The van der Waals surface area contributed by atoms with E-state index in [9.17, 15) is 46.1 Å². The number of benzene rings is 2. The number of aliphatic hydroxyl groups is 1. The number of nitrogens with one attached hydrogen (secondary N) is 1. The minimum Gasteiger partial charge on any atom is -0.480 e. The summed E-state index contributed by atoms with van der Waals surface area (Å²) in [5.74, 6) is -2.70. The van der Waals surface area contributed by atoms with E-state index in [1.54, 1.807) is 0 Å². The third-order valence-corrected chi connectivity index (χ3v) is 4.14. The van der Waals surface area contributed by atoms with Gasteiger partial charge in [0, 0.05) is 6.42 Å². The van der Waals surface area contributed by atoms with Gasteiger partial charge in [0.05, 0.1) is 11.1 Å². The third kappa shape index (κ3) is 5.96. The number of carbonyl (C=O) groups is 2. The standard InChI is InChI=1S/C19H15F6NO4/c20-18(21,22)12-5-1-10(2-6-12)9-14(17(29)30)26-16(28)15(27)11-3-7-13(8-4-11)19(23,24)25/h1-8,14-15,27H,9H2,(H,26,28)(H,29,30)/t14-,15-/m0/s1. The van der Waals surface area contributed by atoms with E-state index in [-0.39, 0.29) is 17.5 Å². The van der Waals surface area contributed by atoms with Gasteiger partial charge in [0.25, 0.3) is 5.91 Å². The first-order valence-electron chi connectivity index (χ1n) is 8.33. The Hall–Kier alpha value is -3.08. The molecule has 0 aromatic heterocycles. The summed E-state index contributed by atoms with van der Waals surface area (Å²) in [6.45, 7) is 0. The SMILES string of the molecule is O=C(O)[C@H](Cc1ccc(C(F)(F)F)cc1)NC(=O)[C@@H](O)c1ccc(C(F)(F)F)cc1. The molecule has 5 nitrogen and oxygen atoms in total. The average molecular weight is 435 g/mol. The van der Waals surface area contributed by atoms with Gasteiger partial charge in [0.2, 0.25) is 0 Å². The monoisotopic (exact) mass is 435 g/mol. The van der Waals surface area contributed by atoms with Gasteiger partial charge in [-0.15, -0.1) is 0 Å². The number of alkyl halides is 6. The molecule has 162 valence electrons. The van der Waals surface area contributed by atoms with Crippen LogP contribution in [0.25, 0.3) is 0 Å². The molecule has 0 heterocycles. The Balaban J connectivity index is 2.08. The number of rotatable bonds is 6. The Kier molecular flexibility index (Phi) is 6.76. The van der Waals surface area contributed by atoms with Gasteiger partial charge >= 0.3 is 18.3 Å². The molecule has 2 aromatic carbocycles. The van der Waals surface area contributed by atoms with Gasteiger partial charge < -0.3 is 15.5 Å². The number of carbonyl (C=O) groups excluding carboxylic acids is 1. The minimum absolute atomic E-state index is 0.180. The molecule has 2 atom stereocenters. The van der Waals surface area contributed by atoms with E-state index in [0.717, 1.165) is 36.4 Å². The fraction of sp³-hybridized carbons (Fsp3) is 0.263. The summed E-state index contributed by atoms with van der Waals surface area (Å²) in [6.07, 6.45) is -11.5. The first-order valence-corrected chi connectivity index (χ1v) is 8.33. The maximum absolute atomic E-state index is 12.6. The molecule has 2 aromatic rings. The lowest BCUT2D eigenvalue weighted by Crippen LogP contribution is -2.44. The van der Waals surface area contributed by atoms with E-state index in [1.807, 2.05) is 5.32 Å². The second-order valence-corrected chi connectivity index (χ2v) is 6.32. The van der Waals surface area contributed by atoms with Gasteiger partial charge in [-0.25, -0.2) is 4.79 Å². The lowest BCUT2D eigenvalue weighted by molar-refractivity contribution is -0.143. The molecule has 0 aliphatic carbocycles. The molecule has 2 rings (SSSR count). The van der Waals surface area contributed by atoms with Gasteiger partial charge in [-0.3, -0.25) is 4.79 Å². The highest BCUT2D eigenvalue weighted by Crippen LogP contribution is 2.30. The van der Waals surface area contributed by atoms with Crippen LogP contribution in [0.5, 0.6) is 0 Å². The molecule has 0 aliphatic heterocycles. The van der Waals surface area contributed by atoms with Crippen molar-refractivity contribution in [3.05, 3.63) is 70.8 Å². The van der Waals surface area contributed by atoms with Crippen LogP contribution in [-0.2, 0) is 28.4 Å². The maximum Gasteiger partial charge on any atom is 0.416 e. The molecule has 0 spiro atoms. The molecule has 1 amide bonds. The first-order chi connectivity index (χ1) is 13.8. The summed E-state index contributed by atoms with van der Waals surface area (Å²) >= 11 is 0. The lowest BCUT2D eigenvalue weighted by Gasteiger charge is -2.18. The van der Waals surface area contributed by atoms with Crippen LogP contribution in [0, 0.1) is 0 Å². The van der Waals surface area contributed by atoms with Crippen molar-refractivity contribution in [3.8, 4) is 0 Å². The second-order valence-electron chi connectivity index (χ2n) is 6.32. The van der Waals surface area contributed by atoms with Gasteiger partial charge in [0.15, 0.2) is 6.10 Å². The van der Waals surface area contributed by atoms with E-state index in [4.69, 9.17) is 0 Å². The van der Waals surface area contributed by atoms with E-state index < -0.39 is 47.5 Å². The van der Waals surface area contributed by atoms with Crippen LogP contribution in [0.1, 0.15) is 28.4 Å². The Morgan fingerprint density at radius 1 is 0.833 bits per heavy atom. The van der Waals surface area contributed by atoms with Crippen molar-refractivity contribution >= 4 is 11.9 Å². The summed E-state index contributed by atoms with van der Waals surface area (Å²) in [5.41, 5.74) is -1.94. The number of carboxylic acids is 1. The van der Waals surface area contributed by atoms with Crippen LogP contribution in [0.15, 0.2) is 48.5 Å². The van der Waals surface area contributed by atoms with Crippen molar-refractivity contribution in [2.75, 3.05) is 0 Å². The molecular formula is C19H15F6NO4. The number of aliphatic carboxylic acids is 1. The Bertz CT molecular complexity index is 891. The zero-order valence-corrected chi connectivity index (χ0v) is 15.0. The van der Waals surface area contributed by atoms with Crippen molar-refractivity contribution < 1.29 is 46.1 Å².